The van der Waals surface area contributed by atoms with Crippen LogP contribution in [-0.4, -0.2) is 55.2 Å². The van der Waals surface area contributed by atoms with Crippen LogP contribution in [0.25, 0.3) is 0 Å². The highest BCUT2D eigenvalue weighted by Crippen LogP contribution is 2.33. The summed E-state index contributed by atoms with van der Waals surface area (Å²) in [6.45, 7) is 5.09. The van der Waals surface area contributed by atoms with Crippen molar-refractivity contribution in [2.45, 2.75) is 26.2 Å². The number of Topliss-reactive ketones (excluding diaryl/α,β-unsaturated/α-hetero) is 1. The number of piperidine rings is 1. The van der Waals surface area contributed by atoms with E-state index in [4.69, 9.17) is 9.47 Å². The van der Waals surface area contributed by atoms with E-state index in [0.29, 0.717) is 61.8 Å². The second kappa shape index (κ2) is 8.65. The first-order valence-corrected chi connectivity index (χ1v) is 11.2. The van der Waals surface area contributed by atoms with Gasteiger partial charge in [0.2, 0.25) is 0 Å². The zero-order valence-electron chi connectivity index (χ0n) is 18.3. The SMILES string of the molecule is CC1=NN(c2ccc(C(=O)N3CCC(C(=O)c4ccc5c(c4)OCCO5)CC3)cc2)CC1. The van der Waals surface area contributed by atoms with E-state index in [2.05, 4.69) is 5.10 Å². The zero-order valence-corrected chi connectivity index (χ0v) is 18.3. The molecule has 3 aliphatic rings. The number of benzene rings is 2. The molecule has 3 heterocycles. The Labute approximate surface area is 187 Å². The van der Waals surface area contributed by atoms with Crippen molar-refractivity contribution in [3.63, 3.8) is 0 Å². The third-order valence-corrected chi connectivity index (χ3v) is 6.37. The summed E-state index contributed by atoms with van der Waals surface area (Å²) in [5.41, 5.74) is 3.45. The summed E-state index contributed by atoms with van der Waals surface area (Å²) in [6.07, 6.45) is 2.30. The van der Waals surface area contributed by atoms with Gasteiger partial charge in [0.15, 0.2) is 17.3 Å². The highest BCUT2D eigenvalue weighted by molar-refractivity contribution is 5.99. The molecule has 0 N–H and O–H groups in total. The lowest BCUT2D eigenvalue weighted by atomic mass is 9.88. The average Bonchev–Trinajstić information content (AvgIpc) is 3.29. The molecule has 7 nitrogen and oxygen atoms in total. The molecular formula is C25H27N3O4. The summed E-state index contributed by atoms with van der Waals surface area (Å²) in [5, 5.41) is 6.48. The molecule has 0 unspecified atom stereocenters. The van der Waals surface area contributed by atoms with Crippen LogP contribution in [0.3, 0.4) is 0 Å². The fourth-order valence-corrected chi connectivity index (χ4v) is 4.50. The number of amides is 1. The predicted octanol–water partition coefficient (Wildman–Crippen LogP) is 3.78. The van der Waals surface area contributed by atoms with Crippen LogP contribution < -0.4 is 14.5 Å². The van der Waals surface area contributed by atoms with Gasteiger partial charge in [0.1, 0.15) is 13.2 Å². The van der Waals surface area contributed by atoms with Crippen molar-refractivity contribution in [2.75, 3.05) is 37.9 Å². The molecule has 1 amide bonds. The molecule has 0 bridgehead atoms. The molecule has 0 aromatic heterocycles. The fraction of sp³-hybridized carbons (Fsp3) is 0.400. The molecule has 2 aromatic rings. The minimum atomic E-state index is -0.0831. The number of carbonyl (C=O) groups excluding carboxylic acids is 2. The third-order valence-electron chi connectivity index (χ3n) is 6.37. The number of rotatable bonds is 4. The summed E-state index contributed by atoms with van der Waals surface area (Å²) in [7, 11) is 0. The monoisotopic (exact) mass is 433 g/mol. The van der Waals surface area contributed by atoms with Crippen molar-refractivity contribution >= 4 is 23.1 Å². The highest BCUT2D eigenvalue weighted by atomic mass is 16.6. The smallest absolute Gasteiger partial charge is 0.253 e. The minimum Gasteiger partial charge on any atom is -0.486 e. The lowest BCUT2D eigenvalue weighted by Gasteiger charge is -2.31. The number of likely N-dealkylation sites (tertiary alicyclic amines) is 1. The van der Waals surface area contributed by atoms with Gasteiger partial charge in [-0.15, -0.1) is 0 Å². The Balaban J connectivity index is 1.19. The number of nitrogens with zero attached hydrogens (tertiary/aromatic N) is 3. The van der Waals surface area contributed by atoms with Gasteiger partial charge >= 0.3 is 0 Å². The number of hydrogen-bond donors (Lipinski definition) is 0. The van der Waals surface area contributed by atoms with Crippen LogP contribution in [0, 0.1) is 5.92 Å². The molecule has 1 fully saturated rings. The third kappa shape index (κ3) is 4.07. The zero-order chi connectivity index (χ0) is 22.1. The Morgan fingerprint density at radius 2 is 1.59 bits per heavy atom. The van der Waals surface area contributed by atoms with E-state index in [9.17, 15) is 9.59 Å². The van der Waals surface area contributed by atoms with Crippen LogP contribution in [-0.2, 0) is 0 Å². The normalized spacial score (nSPS) is 18.5. The summed E-state index contributed by atoms with van der Waals surface area (Å²) in [6, 6.07) is 13.0. The number of ether oxygens (including phenoxy) is 2. The Morgan fingerprint density at radius 1 is 0.906 bits per heavy atom. The quantitative estimate of drug-likeness (QED) is 0.687. The van der Waals surface area contributed by atoms with Gasteiger partial charge in [0.25, 0.3) is 5.91 Å². The number of hydrazone groups is 1. The van der Waals surface area contributed by atoms with Gasteiger partial charge in [-0.1, -0.05) is 0 Å². The molecule has 32 heavy (non-hydrogen) atoms. The fourth-order valence-electron chi connectivity index (χ4n) is 4.50. The van der Waals surface area contributed by atoms with Crippen molar-refractivity contribution in [3.05, 3.63) is 53.6 Å². The van der Waals surface area contributed by atoms with Crippen molar-refractivity contribution in [3.8, 4) is 11.5 Å². The second-order valence-corrected chi connectivity index (χ2v) is 8.54. The molecular weight excluding hydrogens is 406 g/mol. The molecule has 0 saturated carbocycles. The van der Waals surface area contributed by atoms with Crippen LogP contribution in [0.1, 0.15) is 46.9 Å². The average molecular weight is 434 g/mol. The topological polar surface area (TPSA) is 71.4 Å². The number of hydrogen-bond acceptors (Lipinski definition) is 6. The van der Waals surface area contributed by atoms with E-state index in [0.717, 1.165) is 24.4 Å². The van der Waals surface area contributed by atoms with Gasteiger partial charge in [0.05, 0.1) is 5.69 Å². The van der Waals surface area contributed by atoms with Crippen molar-refractivity contribution in [1.29, 1.82) is 0 Å². The van der Waals surface area contributed by atoms with Crippen LogP contribution >= 0.6 is 0 Å². The van der Waals surface area contributed by atoms with Crippen molar-refractivity contribution in [2.24, 2.45) is 11.0 Å². The van der Waals surface area contributed by atoms with Gasteiger partial charge in [-0.2, -0.15) is 5.10 Å². The maximum atomic E-state index is 13.0. The Hall–Kier alpha value is -3.35. The number of ketones is 1. The molecule has 2 aromatic carbocycles. The molecule has 1 saturated heterocycles. The minimum absolute atomic E-state index is 0.0166. The van der Waals surface area contributed by atoms with Crippen molar-refractivity contribution in [1.82, 2.24) is 4.90 Å². The van der Waals surface area contributed by atoms with E-state index in [1.807, 2.05) is 41.1 Å². The number of anilines is 1. The van der Waals surface area contributed by atoms with E-state index in [1.54, 1.807) is 18.2 Å². The first-order valence-electron chi connectivity index (χ1n) is 11.2. The first-order chi connectivity index (χ1) is 15.6. The largest absolute Gasteiger partial charge is 0.486 e. The number of carbonyl (C=O) groups is 2. The Morgan fingerprint density at radius 3 is 2.28 bits per heavy atom. The number of fused-ring (bicyclic) bond motifs is 1. The lowest BCUT2D eigenvalue weighted by Crippen LogP contribution is -2.40. The van der Waals surface area contributed by atoms with Gasteiger partial charge in [-0.3, -0.25) is 14.6 Å². The molecule has 0 aliphatic carbocycles. The van der Waals surface area contributed by atoms with Crippen LogP contribution in [0.2, 0.25) is 0 Å². The predicted molar refractivity (Wildman–Crippen MR) is 122 cm³/mol. The molecule has 5 rings (SSSR count). The van der Waals surface area contributed by atoms with E-state index < -0.39 is 0 Å². The van der Waals surface area contributed by atoms with Gasteiger partial charge in [0, 0.05) is 48.8 Å². The molecule has 7 heteroatoms. The lowest BCUT2D eigenvalue weighted by molar-refractivity contribution is 0.0650. The van der Waals surface area contributed by atoms with Crippen LogP contribution in [0.15, 0.2) is 47.6 Å². The maximum absolute atomic E-state index is 13.0. The van der Waals surface area contributed by atoms with E-state index >= 15 is 0 Å². The second-order valence-electron chi connectivity index (χ2n) is 8.54. The summed E-state index contributed by atoms with van der Waals surface area (Å²) in [4.78, 5) is 27.8. The van der Waals surface area contributed by atoms with Gasteiger partial charge < -0.3 is 14.4 Å². The summed E-state index contributed by atoms with van der Waals surface area (Å²) >= 11 is 0. The van der Waals surface area contributed by atoms with Crippen LogP contribution in [0.5, 0.6) is 11.5 Å². The molecule has 3 aliphatic heterocycles. The molecule has 0 atom stereocenters. The summed E-state index contributed by atoms with van der Waals surface area (Å²) in [5.74, 6) is 1.36. The van der Waals surface area contributed by atoms with E-state index in [-0.39, 0.29) is 17.6 Å². The standard InChI is InChI=1S/C25H27N3O4/c1-17-8-13-28(26-17)21-5-2-19(3-6-21)25(30)27-11-9-18(10-12-27)24(29)20-4-7-22-23(16-20)32-15-14-31-22/h2-7,16,18H,8-15H2,1H3. The molecule has 0 spiro atoms. The molecule has 0 radical (unpaired) electrons. The molecule has 166 valence electrons. The summed E-state index contributed by atoms with van der Waals surface area (Å²) < 4.78 is 11.1. The van der Waals surface area contributed by atoms with Crippen LogP contribution in [0.4, 0.5) is 5.69 Å². The maximum Gasteiger partial charge on any atom is 0.253 e. The Kier molecular flexibility index (Phi) is 5.55. The van der Waals surface area contributed by atoms with E-state index in [1.165, 1.54) is 0 Å². The Bertz CT molecular complexity index is 1060. The van der Waals surface area contributed by atoms with Gasteiger partial charge in [-0.25, -0.2) is 0 Å². The van der Waals surface area contributed by atoms with Crippen molar-refractivity contribution < 1.29 is 19.1 Å². The highest BCUT2D eigenvalue weighted by Gasteiger charge is 2.29. The first kappa shape index (κ1) is 20.5. The van der Waals surface area contributed by atoms with Gasteiger partial charge in [-0.05, 0) is 62.2 Å².